The highest BCUT2D eigenvalue weighted by Gasteiger charge is 2.15. The van der Waals surface area contributed by atoms with Crippen molar-refractivity contribution < 1.29 is 5.11 Å². The molecule has 0 spiro atoms. The SMILES string of the molecule is Cc1ccc(C(O)Cc2ccc(C(C)(C)C)cc2)c(Cl)c1. The van der Waals surface area contributed by atoms with E-state index in [0.717, 1.165) is 16.7 Å². The summed E-state index contributed by atoms with van der Waals surface area (Å²) in [6.45, 7) is 8.59. The lowest BCUT2D eigenvalue weighted by atomic mass is 9.86. The zero-order valence-corrected chi connectivity index (χ0v) is 13.9. The van der Waals surface area contributed by atoms with E-state index in [1.807, 2.05) is 25.1 Å². The summed E-state index contributed by atoms with van der Waals surface area (Å²) in [6.07, 6.45) is 0.00584. The van der Waals surface area contributed by atoms with Crippen molar-refractivity contribution in [3.8, 4) is 0 Å². The first-order chi connectivity index (χ1) is 9.77. The van der Waals surface area contributed by atoms with E-state index in [1.54, 1.807) is 0 Å². The number of aryl methyl sites for hydroxylation is 1. The van der Waals surface area contributed by atoms with Gasteiger partial charge in [0.15, 0.2) is 0 Å². The Bertz CT molecular complexity index is 608. The Morgan fingerprint density at radius 1 is 1.05 bits per heavy atom. The molecule has 0 fully saturated rings. The van der Waals surface area contributed by atoms with Gasteiger partial charge < -0.3 is 5.11 Å². The largest absolute Gasteiger partial charge is 0.388 e. The molecule has 112 valence electrons. The van der Waals surface area contributed by atoms with Gasteiger partial charge in [-0.3, -0.25) is 0 Å². The van der Waals surface area contributed by atoms with Crippen molar-refractivity contribution in [3.05, 3.63) is 69.7 Å². The van der Waals surface area contributed by atoms with Crippen LogP contribution in [0.25, 0.3) is 0 Å². The average molecular weight is 303 g/mol. The highest BCUT2D eigenvalue weighted by molar-refractivity contribution is 6.31. The van der Waals surface area contributed by atoms with Crippen LogP contribution in [0.2, 0.25) is 5.02 Å². The zero-order valence-electron chi connectivity index (χ0n) is 13.2. The Kier molecular flexibility index (Phi) is 4.75. The van der Waals surface area contributed by atoms with Crippen molar-refractivity contribution in [2.45, 2.75) is 45.6 Å². The summed E-state index contributed by atoms with van der Waals surface area (Å²) in [5.41, 5.74) is 4.46. The van der Waals surface area contributed by atoms with E-state index in [1.165, 1.54) is 5.56 Å². The van der Waals surface area contributed by atoms with E-state index >= 15 is 0 Å². The van der Waals surface area contributed by atoms with Gasteiger partial charge >= 0.3 is 0 Å². The molecule has 0 saturated heterocycles. The minimum Gasteiger partial charge on any atom is -0.388 e. The van der Waals surface area contributed by atoms with Crippen LogP contribution >= 0.6 is 11.6 Å². The molecule has 21 heavy (non-hydrogen) atoms. The van der Waals surface area contributed by atoms with Crippen LogP contribution in [-0.2, 0) is 11.8 Å². The van der Waals surface area contributed by atoms with Crippen LogP contribution in [-0.4, -0.2) is 5.11 Å². The lowest BCUT2D eigenvalue weighted by Gasteiger charge is -2.19. The minimum absolute atomic E-state index is 0.150. The second-order valence-corrected chi connectivity index (χ2v) is 7.10. The molecule has 1 nitrogen and oxygen atoms in total. The molecule has 0 aliphatic heterocycles. The Morgan fingerprint density at radius 3 is 2.19 bits per heavy atom. The summed E-state index contributed by atoms with van der Waals surface area (Å²) in [6, 6.07) is 14.2. The third-order valence-corrected chi connectivity index (χ3v) is 4.09. The molecule has 0 heterocycles. The van der Waals surface area contributed by atoms with Gasteiger partial charge in [-0.1, -0.05) is 68.8 Å². The van der Waals surface area contributed by atoms with E-state index in [9.17, 15) is 5.11 Å². The third-order valence-electron chi connectivity index (χ3n) is 3.76. The lowest BCUT2D eigenvalue weighted by Crippen LogP contribution is -2.11. The van der Waals surface area contributed by atoms with Crippen molar-refractivity contribution >= 4 is 11.6 Å². The van der Waals surface area contributed by atoms with E-state index in [2.05, 4.69) is 45.0 Å². The molecular formula is C19H23ClO. The highest BCUT2D eigenvalue weighted by atomic mass is 35.5. The number of hydrogen-bond acceptors (Lipinski definition) is 1. The van der Waals surface area contributed by atoms with Gasteiger partial charge in [0, 0.05) is 11.4 Å². The van der Waals surface area contributed by atoms with Gasteiger partial charge in [-0.05, 0) is 40.7 Å². The molecule has 1 N–H and O–H groups in total. The Hall–Kier alpha value is -1.31. The van der Waals surface area contributed by atoms with Crippen molar-refractivity contribution in [2.24, 2.45) is 0 Å². The van der Waals surface area contributed by atoms with Gasteiger partial charge in [-0.15, -0.1) is 0 Å². The average Bonchev–Trinajstić information content (AvgIpc) is 2.38. The molecule has 2 aromatic carbocycles. The first kappa shape index (κ1) is 16.1. The van der Waals surface area contributed by atoms with Crippen molar-refractivity contribution in [1.29, 1.82) is 0 Å². The number of benzene rings is 2. The van der Waals surface area contributed by atoms with Gasteiger partial charge in [0.05, 0.1) is 6.10 Å². The number of aliphatic hydroxyl groups is 1. The summed E-state index contributed by atoms with van der Waals surface area (Å²) in [4.78, 5) is 0. The Labute approximate surface area is 132 Å². The monoisotopic (exact) mass is 302 g/mol. The third kappa shape index (κ3) is 4.09. The van der Waals surface area contributed by atoms with Gasteiger partial charge in [0.2, 0.25) is 0 Å². The Balaban J connectivity index is 2.14. The molecule has 0 radical (unpaired) electrons. The smallest absolute Gasteiger partial charge is 0.0844 e. The van der Waals surface area contributed by atoms with Crippen LogP contribution in [0.1, 0.15) is 49.1 Å². The number of rotatable bonds is 3. The lowest BCUT2D eigenvalue weighted by molar-refractivity contribution is 0.178. The quantitative estimate of drug-likeness (QED) is 0.824. The van der Waals surface area contributed by atoms with Gasteiger partial charge in [-0.25, -0.2) is 0 Å². The summed E-state index contributed by atoms with van der Waals surface area (Å²) in [5.74, 6) is 0. The fourth-order valence-corrected chi connectivity index (χ4v) is 2.74. The van der Waals surface area contributed by atoms with E-state index in [0.29, 0.717) is 11.4 Å². The van der Waals surface area contributed by atoms with Crippen molar-refractivity contribution in [3.63, 3.8) is 0 Å². The predicted octanol–water partition coefficient (Wildman–Crippen LogP) is 5.22. The predicted molar refractivity (Wildman–Crippen MR) is 90.0 cm³/mol. The molecule has 0 aliphatic rings. The maximum Gasteiger partial charge on any atom is 0.0844 e. The van der Waals surface area contributed by atoms with Crippen LogP contribution in [0.15, 0.2) is 42.5 Å². The normalized spacial score (nSPS) is 13.2. The van der Waals surface area contributed by atoms with Crippen LogP contribution in [0.4, 0.5) is 0 Å². The summed E-state index contributed by atoms with van der Waals surface area (Å²) >= 11 is 6.22. The number of halogens is 1. The topological polar surface area (TPSA) is 20.2 Å². The maximum atomic E-state index is 10.4. The summed E-state index contributed by atoms with van der Waals surface area (Å²) < 4.78 is 0. The highest BCUT2D eigenvalue weighted by Crippen LogP contribution is 2.28. The summed E-state index contributed by atoms with van der Waals surface area (Å²) in [7, 11) is 0. The van der Waals surface area contributed by atoms with E-state index in [-0.39, 0.29) is 5.41 Å². The molecule has 2 rings (SSSR count). The standard InChI is InChI=1S/C19H23ClO/c1-13-5-10-16(17(20)11-13)18(21)12-14-6-8-15(9-7-14)19(2,3)4/h5-11,18,21H,12H2,1-4H3. The van der Waals surface area contributed by atoms with Crippen LogP contribution in [0.3, 0.4) is 0 Å². The molecule has 0 aliphatic carbocycles. The van der Waals surface area contributed by atoms with Crippen LogP contribution < -0.4 is 0 Å². The van der Waals surface area contributed by atoms with E-state index < -0.39 is 6.10 Å². The van der Waals surface area contributed by atoms with E-state index in [4.69, 9.17) is 11.6 Å². The fraction of sp³-hybridized carbons (Fsp3) is 0.368. The zero-order chi connectivity index (χ0) is 15.6. The molecule has 0 saturated carbocycles. The Morgan fingerprint density at radius 2 is 1.67 bits per heavy atom. The molecule has 1 atom stereocenters. The minimum atomic E-state index is -0.571. The molecule has 2 heteroatoms. The second kappa shape index (κ2) is 6.21. The van der Waals surface area contributed by atoms with Gasteiger partial charge in [0.1, 0.15) is 0 Å². The number of aliphatic hydroxyl groups excluding tert-OH is 1. The fourth-order valence-electron chi connectivity index (χ4n) is 2.38. The number of hydrogen-bond donors (Lipinski definition) is 1. The van der Waals surface area contributed by atoms with Gasteiger partial charge in [0.25, 0.3) is 0 Å². The maximum absolute atomic E-state index is 10.4. The molecule has 0 amide bonds. The van der Waals surface area contributed by atoms with Gasteiger partial charge in [-0.2, -0.15) is 0 Å². The molecule has 0 aromatic heterocycles. The van der Waals surface area contributed by atoms with Crippen LogP contribution in [0.5, 0.6) is 0 Å². The van der Waals surface area contributed by atoms with Crippen LogP contribution in [0, 0.1) is 6.92 Å². The first-order valence-electron chi connectivity index (χ1n) is 7.31. The molecule has 1 unspecified atom stereocenters. The molecular weight excluding hydrogens is 280 g/mol. The first-order valence-corrected chi connectivity index (χ1v) is 7.69. The van der Waals surface area contributed by atoms with Crippen molar-refractivity contribution in [2.75, 3.05) is 0 Å². The second-order valence-electron chi connectivity index (χ2n) is 6.69. The van der Waals surface area contributed by atoms with Crippen molar-refractivity contribution in [1.82, 2.24) is 0 Å². The molecule has 0 bridgehead atoms. The summed E-state index contributed by atoms with van der Waals surface area (Å²) in [5, 5.41) is 11.0. The molecule has 2 aromatic rings.